The summed E-state index contributed by atoms with van der Waals surface area (Å²) in [6, 6.07) is 5.91. The van der Waals surface area contributed by atoms with E-state index >= 15 is 0 Å². The van der Waals surface area contributed by atoms with E-state index in [0.29, 0.717) is 17.7 Å². The number of fused-ring (bicyclic) bond motifs is 4. The van der Waals surface area contributed by atoms with Gasteiger partial charge in [-0.2, -0.15) is 0 Å². The summed E-state index contributed by atoms with van der Waals surface area (Å²) < 4.78 is 0. The quantitative estimate of drug-likeness (QED) is 0.765. The first-order valence-corrected chi connectivity index (χ1v) is 9.43. The van der Waals surface area contributed by atoms with Crippen LogP contribution < -0.4 is 5.32 Å². The van der Waals surface area contributed by atoms with E-state index in [9.17, 15) is 15.0 Å². The van der Waals surface area contributed by atoms with Crippen LogP contribution in [0.15, 0.2) is 18.2 Å². The number of aromatic hydroxyl groups is 1. The Balaban J connectivity index is 1.76. The molecule has 0 radical (unpaired) electrons. The first-order valence-electron chi connectivity index (χ1n) is 9.43. The number of likely N-dealkylation sites (tertiary alicyclic amines) is 1. The number of piperidine rings is 1. The molecule has 1 saturated carbocycles. The van der Waals surface area contributed by atoms with Crippen LogP contribution >= 0.6 is 0 Å². The molecule has 0 amide bonds. The third-order valence-electron chi connectivity index (χ3n) is 6.85. The van der Waals surface area contributed by atoms with E-state index < -0.39 is 5.97 Å². The molecule has 1 heterocycles. The number of hydrogen-bond acceptors (Lipinski definition) is 4. The molecule has 4 rings (SSSR count). The highest BCUT2D eigenvalue weighted by molar-refractivity contribution is 5.69. The van der Waals surface area contributed by atoms with Gasteiger partial charge in [0.05, 0.1) is 6.54 Å². The molecule has 1 aliphatic heterocycles. The first-order chi connectivity index (χ1) is 11.9. The van der Waals surface area contributed by atoms with Gasteiger partial charge in [0.1, 0.15) is 5.75 Å². The highest BCUT2D eigenvalue weighted by Gasteiger charge is 2.53. The van der Waals surface area contributed by atoms with E-state index in [2.05, 4.69) is 24.1 Å². The minimum Gasteiger partial charge on any atom is -0.508 e. The van der Waals surface area contributed by atoms with Crippen LogP contribution in [0.3, 0.4) is 0 Å². The second-order valence-corrected chi connectivity index (χ2v) is 8.41. The molecular weight excluding hydrogens is 316 g/mol. The number of carboxylic acid groups (broad SMARTS) is 1. The minimum atomic E-state index is -0.828. The molecule has 0 spiro atoms. The summed E-state index contributed by atoms with van der Waals surface area (Å²) in [6.07, 6.45) is 3.73. The van der Waals surface area contributed by atoms with E-state index in [-0.39, 0.29) is 18.0 Å². The van der Waals surface area contributed by atoms with Crippen LogP contribution in [0.5, 0.6) is 5.75 Å². The molecule has 136 valence electrons. The molecule has 5 nitrogen and oxygen atoms in total. The number of aliphatic carboxylic acids is 1. The normalized spacial score (nSPS) is 34.6. The summed E-state index contributed by atoms with van der Waals surface area (Å²) in [5, 5.41) is 22.5. The van der Waals surface area contributed by atoms with Crippen LogP contribution in [0.1, 0.15) is 50.3 Å². The third kappa shape index (κ3) is 2.83. The number of benzene rings is 1. The maximum atomic E-state index is 11.2. The van der Waals surface area contributed by atoms with Crippen LogP contribution in [0.25, 0.3) is 0 Å². The Morgan fingerprint density at radius 3 is 2.84 bits per heavy atom. The highest BCUT2D eigenvalue weighted by atomic mass is 16.4. The van der Waals surface area contributed by atoms with Gasteiger partial charge >= 0.3 is 5.97 Å². The molecule has 3 N–H and O–H groups in total. The molecule has 4 atom stereocenters. The third-order valence-corrected chi connectivity index (χ3v) is 6.85. The fourth-order valence-corrected chi connectivity index (χ4v) is 5.09. The second kappa shape index (κ2) is 5.99. The monoisotopic (exact) mass is 344 g/mol. The summed E-state index contributed by atoms with van der Waals surface area (Å²) in [6.45, 7) is 6.74. The Labute approximate surface area is 149 Å². The average Bonchev–Trinajstić information content (AvgIpc) is 3.37. The Bertz CT molecular complexity index is 688. The first kappa shape index (κ1) is 16.9. The lowest BCUT2D eigenvalue weighted by Gasteiger charge is -2.57. The molecular formula is C20H28N2O3. The maximum absolute atomic E-state index is 11.2. The van der Waals surface area contributed by atoms with Crippen molar-refractivity contribution >= 4 is 5.97 Å². The van der Waals surface area contributed by atoms with Gasteiger partial charge in [-0.25, -0.2) is 0 Å². The molecule has 25 heavy (non-hydrogen) atoms. The Morgan fingerprint density at radius 1 is 1.40 bits per heavy atom. The van der Waals surface area contributed by atoms with Crippen LogP contribution in [0.2, 0.25) is 0 Å². The molecule has 1 saturated heterocycles. The largest absolute Gasteiger partial charge is 0.508 e. The van der Waals surface area contributed by atoms with Gasteiger partial charge < -0.3 is 10.2 Å². The van der Waals surface area contributed by atoms with E-state index in [0.717, 1.165) is 31.0 Å². The predicted molar refractivity (Wildman–Crippen MR) is 95.7 cm³/mol. The van der Waals surface area contributed by atoms with Gasteiger partial charge in [0.25, 0.3) is 0 Å². The van der Waals surface area contributed by atoms with Crippen molar-refractivity contribution in [3.8, 4) is 5.75 Å². The zero-order chi connectivity index (χ0) is 17.8. The lowest BCUT2D eigenvalue weighted by atomic mass is 9.57. The number of nitrogens with zero attached hydrogens (tertiary/aromatic N) is 1. The summed E-state index contributed by atoms with van der Waals surface area (Å²) in [5.74, 6) is 0.687. The van der Waals surface area contributed by atoms with E-state index in [1.807, 2.05) is 12.1 Å². The van der Waals surface area contributed by atoms with Crippen molar-refractivity contribution in [2.24, 2.45) is 11.8 Å². The van der Waals surface area contributed by atoms with Gasteiger partial charge in [0.15, 0.2) is 0 Å². The van der Waals surface area contributed by atoms with Gasteiger partial charge in [-0.3, -0.25) is 15.0 Å². The fraction of sp³-hybridized carbons (Fsp3) is 0.650. The number of nitrogens with one attached hydrogen (secondary N) is 1. The minimum absolute atomic E-state index is 0.00572. The Morgan fingerprint density at radius 2 is 2.16 bits per heavy atom. The molecule has 1 unspecified atom stereocenters. The number of rotatable bonds is 5. The number of carboxylic acids is 1. The van der Waals surface area contributed by atoms with E-state index in [4.69, 9.17) is 0 Å². The van der Waals surface area contributed by atoms with Gasteiger partial charge in [0, 0.05) is 18.6 Å². The molecule has 2 bridgehead atoms. The summed E-state index contributed by atoms with van der Waals surface area (Å²) in [5.41, 5.74) is 2.37. The Hall–Kier alpha value is -1.59. The van der Waals surface area contributed by atoms with Crippen molar-refractivity contribution < 1.29 is 15.0 Å². The topological polar surface area (TPSA) is 72.8 Å². The van der Waals surface area contributed by atoms with Crippen LogP contribution in [0.4, 0.5) is 0 Å². The molecule has 0 aromatic heterocycles. The molecule has 1 aromatic carbocycles. The molecule has 2 fully saturated rings. The molecule has 3 aliphatic rings. The summed E-state index contributed by atoms with van der Waals surface area (Å²) >= 11 is 0. The van der Waals surface area contributed by atoms with Crippen molar-refractivity contribution in [2.75, 3.05) is 19.6 Å². The lowest BCUT2D eigenvalue weighted by Crippen LogP contribution is -2.62. The standard InChI is InChI=1S/C20H28N2O3/c1-12-19-18(21-10-17(24)25)15-6-5-14(23)9-16(15)20(12,2)7-8-22(19)11-13-3-4-13/h5-6,9,12-13,18-19,21,23H,3-4,7-8,10-11H2,1-2H3,(H,24,25)/t12-,18?,19-,20-/m0/s1. The van der Waals surface area contributed by atoms with Gasteiger partial charge in [0.2, 0.25) is 0 Å². The fourth-order valence-electron chi connectivity index (χ4n) is 5.09. The average molecular weight is 344 g/mol. The molecule has 1 aromatic rings. The van der Waals surface area contributed by atoms with Crippen LogP contribution in [-0.4, -0.2) is 46.8 Å². The summed E-state index contributed by atoms with van der Waals surface area (Å²) in [4.78, 5) is 13.8. The van der Waals surface area contributed by atoms with Gasteiger partial charge in [-0.1, -0.05) is 19.9 Å². The van der Waals surface area contributed by atoms with E-state index in [1.54, 1.807) is 6.07 Å². The Kier molecular flexibility index (Phi) is 4.04. The van der Waals surface area contributed by atoms with Crippen LogP contribution in [-0.2, 0) is 10.2 Å². The zero-order valence-electron chi connectivity index (χ0n) is 15.0. The van der Waals surface area contributed by atoms with E-state index in [1.165, 1.54) is 18.4 Å². The maximum Gasteiger partial charge on any atom is 0.317 e. The second-order valence-electron chi connectivity index (χ2n) is 8.41. The van der Waals surface area contributed by atoms with Crippen molar-refractivity contribution in [3.63, 3.8) is 0 Å². The van der Waals surface area contributed by atoms with Crippen molar-refractivity contribution in [1.29, 1.82) is 0 Å². The SMILES string of the molecule is C[C@H]1[C@H]2C(NCC(=O)O)c3ccc(O)cc3[C@@]1(C)CCN2CC1CC1. The van der Waals surface area contributed by atoms with Crippen molar-refractivity contribution in [3.05, 3.63) is 29.3 Å². The zero-order valence-corrected chi connectivity index (χ0v) is 15.0. The number of hydrogen-bond donors (Lipinski definition) is 3. The highest BCUT2D eigenvalue weighted by Crippen LogP contribution is 2.53. The number of carbonyl (C=O) groups is 1. The predicted octanol–water partition coefficient (Wildman–Crippen LogP) is 2.50. The molecule has 5 heteroatoms. The van der Waals surface area contributed by atoms with Crippen molar-refractivity contribution in [1.82, 2.24) is 10.2 Å². The number of phenols is 1. The van der Waals surface area contributed by atoms with Crippen molar-refractivity contribution in [2.45, 2.75) is 50.6 Å². The number of phenolic OH excluding ortho intramolecular Hbond substituents is 1. The van der Waals surface area contributed by atoms with Gasteiger partial charge in [-0.05, 0) is 66.3 Å². The van der Waals surface area contributed by atoms with Gasteiger partial charge in [-0.15, -0.1) is 0 Å². The lowest BCUT2D eigenvalue weighted by molar-refractivity contribution is -0.136. The summed E-state index contributed by atoms with van der Waals surface area (Å²) in [7, 11) is 0. The molecule has 2 aliphatic carbocycles. The van der Waals surface area contributed by atoms with Crippen LogP contribution in [0, 0.1) is 11.8 Å². The smallest absolute Gasteiger partial charge is 0.317 e.